The highest BCUT2D eigenvalue weighted by atomic mass is 32.1. The van der Waals surface area contributed by atoms with Crippen molar-refractivity contribution in [2.75, 3.05) is 0 Å². The standard InChI is InChI=1S/C37H23N3S/c1-3-13-24(14-4-1)31-23-32(39-36(38-31)25-15-5-2-6-16-25)26-17-7-8-18-27(26)34-28-19-9-11-21-30(28)40-37-35(34)29-20-10-12-22-33(29)41-37/h1-23H. The van der Waals surface area contributed by atoms with Crippen molar-refractivity contribution in [2.24, 2.45) is 0 Å². The molecule has 0 aliphatic heterocycles. The van der Waals surface area contributed by atoms with Crippen LogP contribution in [0.5, 0.6) is 0 Å². The SMILES string of the molecule is c1ccc(-c2cc(-c3ccccc3-c3c4ccccc4nc4sc5ccccc5c34)nc(-c3ccccc3)n2)cc1. The van der Waals surface area contributed by atoms with Gasteiger partial charge < -0.3 is 0 Å². The Bertz CT molecular complexity index is 2140. The lowest BCUT2D eigenvalue weighted by molar-refractivity contribution is 1.18. The third-order valence-electron chi connectivity index (χ3n) is 7.52. The van der Waals surface area contributed by atoms with E-state index in [1.54, 1.807) is 11.3 Å². The van der Waals surface area contributed by atoms with Crippen molar-refractivity contribution in [1.29, 1.82) is 0 Å². The highest BCUT2D eigenvalue weighted by molar-refractivity contribution is 7.25. The largest absolute Gasteiger partial charge is 0.237 e. The van der Waals surface area contributed by atoms with Crippen molar-refractivity contribution in [2.45, 2.75) is 0 Å². The predicted octanol–water partition coefficient (Wildman–Crippen LogP) is 10.1. The van der Waals surface area contributed by atoms with Crippen LogP contribution < -0.4 is 0 Å². The van der Waals surface area contributed by atoms with Crippen LogP contribution in [0.4, 0.5) is 0 Å². The van der Waals surface area contributed by atoms with Crippen LogP contribution in [0.3, 0.4) is 0 Å². The van der Waals surface area contributed by atoms with Gasteiger partial charge in [-0.05, 0) is 23.8 Å². The monoisotopic (exact) mass is 541 g/mol. The summed E-state index contributed by atoms with van der Waals surface area (Å²) in [6, 6.07) is 48.3. The van der Waals surface area contributed by atoms with Gasteiger partial charge in [0.05, 0.1) is 16.9 Å². The molecule has 0 spiro atoms. The molecule has 0 radical (unpaired) electrons. The Morgan fingerprint density at radius 1 is 0.463 bits per heavy atom. The molecule has 5 aromatic carbocycles. The van der Waals surface area contributed by atoms with E-state index >= 15 is 0 Å². The van der Waals surface area contributed by atoms with Crippen LogP contribution in [-0.2, 0) is 0 Å². The molecule has 0 fully saturated rings. The number of para-hydroxylation sites is 1. The Hall–Kier alpha value is -5.19. The van der Waals surface area contributed by atoms with Crippen molar-refractivity contribution in [3.05, 3.63) is 140 Å². The zero-order valence-corrected chi connectivity index (χ0v) is 22.8. The van der Waals surface area contributed by atoms with Crippen molar-refractivity contribution >= 4 is 42.5 Å². The molecule has 0 amide bonds. The normalized spacial score (nSPS) is 11.4. The second kappa shape index (κ2) is 9.77. The number of hydrogen-bond acceptors (Lipinski definition) is 4. The van der Waals surface area contributed by atoms with Crippen molar-refractivity contribution in [1.82, 2.24) is 15.0 Å². The molecule has 0 atom stereocenters. The van der Waals surface area contributed by atoms with Gasteiger partial charge in [-0.3, -0.25) is 0 Å². The van der Waals surface area contributed by atoms with Gasteiger partial charge in [0.2, 0.25) is 0 Å². The van der Waals surface area contributed by atoms with Crippen molar-refractivity contribution < 1.29 is 0 Å². The number of benzene rings is 5. The fourth-order valence-electron chi connectivity index (χ4n) is 5.64. The summed E-state index contributed by atoms with van der Waals surface area (Å²) < 4.78 is 1.24. The van der Waals surface area contributed by atoms with E-state index in [2.05, 4.69) is 115 Å². The number of thiophene rings is 1. The molecule has 3 heterocycles. The Morgan fingerprint density at radius 2 is 1.07 bits per heavy atom. The maximum atomic E-state index is 5.17. The number of pyridine rings is 1. The number of aromatic nitrogens is 3. The molecule has 41 heavy (non-hydrogen) atoms. The molecule has 4 heteroatoms. The van der Waals surface area contributed by atoms with Gasteiger partial charge in [-0.1, -0.05) is 121 Å². The summed E-state index contributed by atoms with van der Waals surface area (Å²) in [5, 5.41) is 3.56. The first-order chi connectivity index (χ1) is 20.3. The minimum absolute atomic E-state index is 0.711. The first-order valence-corrected chi connectivity index (χ1v) is 14.4. The minimum Gasteiger partial charge on any atom is -0.237 e. The third-order valence-corrected chi connectivity index (χ3v) is 8.59. The smallest absolute Gasteiger partial charge is 0.160 e. The molecule has 8 rings (SSSR count). The summed E-state index contributed by atoms with van der Waals surface area (Å²) in [5.41, 5.74) is 8.23. The van der Waals surface area contributed by atoms with E-state index in [1.807, 2.05) is 24.3 Å². The van der Waals surface area contributed by atoms with Crippen LogP contribution in [0.25, 0.3) is 76.2 Å². The number of hydrogen-bond donors (Lipinski definition) is 0. The number of fused-ring (bicyclic) bond motifs is 4. The molecule has 0 unspecified atom stereocenters. The highest BCUT2D eigenvalue weighted by Gasteiger charge is 2.20. The molecule has 0 saturated carbocycles. The minimum atomic E-state index is 0.711. The van der Waals surface area contributed by atoms with Crippen molar-refractivity contribution in [3.8, 4) is 45.0 Å². The van der Waals surface area contributed by atoms with E-state index in [1.165, 1.54) is 21.0 Å². The molecule has 0 saturated heterocycles. The van der Waals surface area contributed by atoms with Crippen LogP contribution >= 0.6 is 11.3 Å². The number of nitrogens with zero attached hydrogens (tertiary/aromatic N) is 3. The summed E-state index contributed by atoms with van der Waals surface area (Å²) in [4.78, 5) is 16.3. The molecule has 0 aliphatic rings. The second-order valence-electron chi connectivity index (χ2n) is 10.0. The van der Waals surface area contributed by atoms with E-state index in [9.17, 15) is 0 Å². The van der Waals surface area contributed by atoms with Gasteiger partial charge in [0.1, 0.15) is 4.83 Å². The lowest BCUT2D eigenvalue weighted by Crippen LogP contribution is -1.97. The average molecular weight is 542 g/mol. The highest BCUT2D eigenvalue weighted by Crippen LogP contribution is 2.45. The van der Waals surface area contributed by atoms with Crippen LogP contribution in [0.1, 0.15) is 0 Å². The van der Waals surface area contributed by atoms with Gasteiger partial charge in [-0.2, -0.15) is 0 Å². The maximum Gasteiger partial charge on any atom is 0.160 e. The van der Waals surface area contributed by atoms with E-state index in [0.717, 1.165) is 49.4 Å². The van der Waals surface area contributed by atoms with Gasteiger partial charge >= 0.3 is 0 Å². The van der Waals surface area contributed by atoms with Crippen LogP contribution in [-0.4, -0.2) is 15.0 Å². The molecular formula is C37H23N3S. The molecule has 0 N–H and O–H groups in total. The van der Waals surface area contributed by atoms with Gasteiger partial charge in [0.25, 0.3) is 0 Å². The summed E-state index contributed by atoms with van der Waals surface area (Å²) >= 11 is 1.75. The molecule has 8 aromatic rings. The van der Waals surface area contributed by atoms with E-state index in [4.69, 9.17) is 15.0 Å². The van der Waals surface area contributed by atoms with Crippen LogP contribution in [0.15, 0.2) is 140 Å². The summed E-state index contributed by atoms with van der Waals surface area (Å²) in [6.45, 7) is 0. The molecule has 192 valence electrons. The van der Waals surface area contributed by atoms with E-state index in [-0.39, 0.29) is 0 Å². The Balaban J connectivity index is 1.46. The van der Waals surface area contributed by atoms with Gasteiger partial charge in [-0.25, -0.2) is 15.0 Å². The first kappa shape index (κ1) is 23.7. The molecule has 0 bridgehead atoms. The summed E-state index contributed by atoms with van der Waals surface area (Å²) in [7, 11) is 0. The average Bonchev–Trinajstić information content (AvgIpc) is 3.42. The van der Waals surface area contributed by atoms with E-state index < -0.39 is 0 Å². The van der Waals surface area contributed by atoms with E-state index in [0.29, 0.717) is 5.82 Å². The lowest BCUT2D eigenvalue weighted by Gasteiger charge is -2.15. The van der Waals surface area contributed by atoms with Crippen LogP contribution in [0, 0.1) is 0 Å². The zero-order chi connectivity index (χ0) is 27.2. The Morgan fingerprint density at radius 3 is 1.88 bits per heavy atom. The van der Waals surface area contributed by atoms with Crippen molar-refractivity contribution in [3.63, 3.8) is 0 Å². The molecular weight excluding hydrogens is 518 g/mol. The molecule has 3 aromatic heterocycles. The number of rotatable bonds is 4. The van der Waals surface area contributed by atoms with Gasteiger partial charge in [0, 0.05) is 43.1 Å². The molecule has 0 aliphatic carbocycles. The first-order valence-electron chi connectivity index (χ1n) is 13.6. The Labute approximate surface area is 241 Å². The second-order valence-corrected chi connectivity index (χ2v) is 11.1. The maximum absolute atomic E-state index is 5.17. The summed E-state index contributed by atoms with van der Waals surface area (Å²) in [6.07, 6.45) is 0. The van der Waals surface area contributed by atoms with Gasteiger partial charge in [-0.15, -0.1) is 11.3 Å². The predicted molar refractivity (Wildman–Crippen MR) is 172 cm³/mol. The molecule has 3 nitrogen and oxygen atoms in total. The third kappa shape index (κ3) is 4.08. The zero-order valence-electron chi connectivity index (χ0n) is 22.0. The fraction of sp³-hybridized carbons (Fsp3) is 0. The quantitative estimate of drug-likeness (QED) is 0.222. The van der Waals surface area contributed by atoms with Gasteiger partial charge in [0.15, 0.2) is 5.82 Å². The Kier molecular flexibility index (Phi) is 5.64. The van der Waals surface area contributed by atoms with Crippen LogP contribution in [0.2, 0.25) is 0 Å². The fourth-order valence-corrected chi connectivity index (χ4v) is 6.74. The summed E-state index contributed by atoms with van der Waals surface area (Å²) in [5.74, 6) is 0.711. The topological polar surface area (TPSA) is 38.7 Å². The lowest BCUT2D eigenvalue weighted by atomic mass is 9.91.